The van der Waals surface area contributed by atoms with Crippen LogP contribution in [0, 0.1) is 6.92 Å². The molecule has 2 aromatic rings. The van der Waals surface area contributed by atoms with Crippen LogP contribution in [-0.2, 0) is 11.3 Å². The highest BCUT2D eigenvalue weighted by atomic mass is 32.2. The third-order valence-corrected chi connectivity index (χ3v) is 4.55. The zero-order valence-corrected chi connectivity index (χ0v) is 13.1. The number of benzene rings is 1. The van der Waals surface area contributed by atoms with Crippen molar-refractivity contribution < 1.29 is 4.79 Å². The standard InChI is InChI=1S/C14H17N3OS2/c1-9-3-5-12(6-4-9)20-10(2)13(18)16-7-11-8-19-14(15)17-11/h3-6,8,10H,7H2,1-2H3,(H2,15,17)(H,16,18)/t10-/m1/s1. The predicted octanol–water partition coefficient (Wildman–Crippen LogP) is 2.83. The molecule has 0 radical (unpaired) electrons. The average molecular weight is 307 g/mol. The Balaban J connectivity index is 1.84. The molecule has 0 saturated heterocycles. The van der Waals surface area contributed by atoms with Gasteiger partial charge in [-0.1, -0.05) is 17.7 Å². The third-order valence-electron chi connectivity index (χ3n) is 2.72. The number of aryl methyl sites for hydroxylation is 1. The lowest BCUT2D eigenvalue weighted by molar-refractivity contribution is -0.120. The van der Waals surface area contributed by atoms with Gasteiger partial charge in [0, 0.05) is 10.3 Å². The number of amides is 1. The number of aromatic nitrogens is 1. The molecule has 3 N–H and O–H groups in total. The molecule has 1 amide bonds. The van der Waals surface area contributed by atoms with Crippen LogP contribution in [0.5, 0.6) is 0 Å². The molecule has 1 aromatic heterocycles. The van der Waals surface area contributed by atoms with Crippen molar-refractivity contribution in [1.82, 2.24) is 10.3 Å². The first-order valence-electron chi connectivity index (χ1n) is 6.25. The molecule has 1 atom stereocenters. The number of hydrogen-bond donors (Lipinski definition) is 2. The minimum atomic E-state index is -0.145. The zero-order valence-electron chi connectivity index (χ0n) is 11.4. The Hall–Kier alpha value is -1.53. The van der Waals surface area contributed by atoms with E-state index in [0.29, 0.717) is 11.7 Å². The first-order chi connectivity index (χ1) is 9.54. The van der Waals surface area contributed by atoms with Crippen LogP contribution in [0.1, 0.15) is 18.2 Å². The summed E-state index contributed by atoms with van der Waals surface area (Å²) in [7, 11) is 0. The molecule has 0 bridgehead atoms. The van der Waals surface area contributed by atoms with Gasteiger partial charge in [-0.25, -0.2) is 4.98 Å². The van der Waals surface area contributed by atoms with Crippen LogP contribution in [0.3, 0.4) is 0 Å². The van der Waals surface area contributed by atoms with Crippen molar-refractivity contribution in [2.75, 3.05) is 5.73 Å². The van der Waals surface area contributed by atoms with E-state index in [4.69, 9.17) is 5.73 Å². The van der Waals surface area contributed by atoms with Gasteiger partial charge < -0.3 is 11.1 Å². The van der Waals surface area contributed by atoms with E-state index in [1.807, 2.05) is 43.5 Å². The normalized spacial score (nSPS) is 12.1. The van der Waals surface area contributed by atoms with E-state index in [-0.39, 0.29) is 11.2 Å². The van der Waals surface area contributed by atoms with Crippen molar-refractivity contribution >= 4 is 34.1 Å². The molecule has 2 rings (SSSR count). The Labute approximate surface area is 126 Å². The van der Waals surface area contributed by atoms with Gasteiger partial charge in [-0.3, -0.25) is 4.79 Å². The highest BCUT2D eigenvalue weighted by Crippen LogP contribution is 2.23. The summed E-state index contributed by atoms with van der Waals surface area (Å²) in [6.07, 6.45) is 0. The second-order valence-electron chi connectivity index (χ2n) is 4.47. The van der Waals surface area contributed by atoms with Crippen LogP contribution >= 0.6 is 23.1 Å². The van der Waals surface area contributed by atoms with Crippen molar-refractivity contribution in [3.05, 3.63) is 40.9 Å². The van der Waals surface area contributed by atoms with E-state index in [1.54, 1.807) is 11.8 Å². The van der Waals surface area contributed by atoms with Gasteiger partial charge in [0.25, 0.3) is 0 Å². The van der Waals surface area contributed by atoms with E-state index in [2.05, 4.69) is 10.3 Å². The topological polar surface area (TPSA) is 68.0 Å². The molecule has 4 nitrogen and oxygen atoms in total. The molecular weight excluding hydrogens is 290 g/mol. The Bertz CT molecular complexity index is 580. The van der Waals surface area contributed by atoms with E-state index in [1.165, 1.54) is 16.9 Å². The van der Waals surface area contributed by atoms with Crippen molar-refractivity contribution in [1.29, 1.82) is 0 Å². The second kappa shape index (κ2) is 6.76. The van der Waals surface area contributed by atoms with Gasteiger partial charge in [0.05, 0.1) is 17.5 Å². The molecule has 6 heteroatoms. The predicted molar refractivity (Wildman–Crippen MR) is 84.9 cm³/mol. The molecule has 0 aliphatic rings. The fourth-order valence-corrected chi connectivity index (χ4v) is 3.05. The largest absolute Gasteiger partial charge is 0.375 e. The number of thioether (sulfide) groups is 1. The van der Waals surface area contributed by atoms with Gasteiger partial charge in [-0.05, 0) is 26.0 Å². The molecular formula is C14H17N3OS2. The first-order valence-corrected chi connectivity index (χ1v) is 8.01. The number of thiazole rings is 1. The van der Waals surface area contributed by atoms with Gasteiger partial charge >= 0.3 is 0 Å². The smallest absolute Gasteiger partial charge is 0.233 e. The summed E-state index contributed by atoms with van der Waals surface area (Å²) in [5.41, 5.74) is 7.56. The van der Waals surface area contributed by atoms with Crippen molar-refractivity contribution in [3.63, 3.8) is 0 Å². The summed E-state index contributed by atoms with van der Waals surface area (Å²) in [4.78, 5) is 17.2. The highest BCUT2D eigenvalue weighted by molar-refractivity contribution is 8.00. The molecule has 1 heterocycles. The van der Waals surface area contributed by atoms with Crippen molar-refractivity contribution in [3.8, 4) is 0 Å². The summed E-state index contributed by atoms with van der Waals surface area (Å²) < 4.78 is 0. The van der Waals surface area contributed by atoms with Gasteiger partial charge in [0.2, 0.25) is 5.91 Å². The van der Waals surface area contributed by atoms with Crippen molar-refractivity contribution in [2.45, 2.75) is 30.5 Å². The number of nitrogens with one attached hydrogen (secondary N) is 1. The van der Waals surface area contributed by atoms with Gasteiger partial charge in [-0.2, -0.15) is 0 Å². The number of nitrogens with two attached hydrogens (primary N) is 1. The summed E-state index contributed by atoms with van der Waals surface area (Å²) in [6, 6.07) is 8.16. The number of nitrogen functional groups attached to an aromatic ring is 1. The number of anilines is 1. The lowest BCUT2D eigenvalue weighted by atomic mass is 10.2. The number of rotatable bonds is 5. The van der Waals surface area contributed by atoms with E-state index in [9.17, 15) is 4.79 Å². The lowest BCUT2D eigenvalue weighted by Gasteiger charge is -2.11. The molecule has 1 aromatic carbocycles. The van der Waals surface area contributed by atoms with Crippen LogP contribution in [-0.4, -0.2) is 16.1 Å². The Morgan fingerprint density at radius 2 is 2.15 bits per heavy atom. The van der Waals surface area contributed by atoms with Crippen LogP contribution in [0.4, 0.5) is 5.13 Å². The van der Waals surface area contributed by atoms with Crippen molar-refractivity contribution in [2.24, 2.45) is 0 Å². The van der Waals surface area contributed by atoms with Crippen LogP contribution in [0.25, 0.3) is 0 Å². The highest BCUT2D eigenvalue weighted by Gasteiger charge is 2.14. The summed E-state index contributed by atoms with van der Waals surface area (Å²) in [5.74, 6) is 0.00199. The zero-order chi connectivity index (χ0) is 14.5. The monoisotopic (exact) mass is 307 g/mol. The maximum absolute atomic E-state index is 12.0. The summed E-state index contributed by atoms with van der Waals surface area (Å²) in [6.45, 7) is 4.37. The van der Waals surface area contributed by atoms with E-state index in [0.717, 1.165) is 10.6 Å². The Morgan fingerprint density at radius 1 is 1.45 bits per heavy atom. The second-order valence-corrected chi connectivity index (χ2v) is 6.77. The summed E-state index contributed by atoms with van der Waals surface area (Å²) >= 11 is 2.92. The fraction of sp³-hybridized carbons (Fsp3) is 0.286. The lowest BCUT2D eigenvalue weighted by Crippen LogP contribution is -2.30. The SMILES string of the molecule is Cc1ccc(S[C@H](C)C(=O)NCc2csc(N)n2)cc1. The van der Waals surface area contributed by atoms with Crippen LogP contribution < -0.4 is 11.1 Å². The Morgan fingerprint density at radius 3 is 2.75 bits per heavy atom. The molecule has 0 aliphatic carbocycles. The van der Waals surface area contributed by atoms with Gasteiger partial charge in [-0.15, -0.1) is 23.1 Å². The van der Waals surface area contributed by atoms with Gasteiger partial charge in [0.15, 0.2) is 5.13 Å². The molecule has 0 spiro atoms. The first kappa shape index (κ1) is 14.9. The van der Waals surface area contributed by atoms with Gasteiger partial charge in [0.1, 0.15) is 0 Å². The minimum Gasteiger partial charge on any atom is -0.375 e. The number of nitrogens with zero attached hydrogens (tertiary/aromatic N) is 1. The third kappa shape index (κ3) is 4.25. The molecule has 0 aliphatic heterocycles. The van der Waals surface area contributed by atoms with E-state index < -0.39 is 0 Å². The number of carbonyl (C=O) groups excluding carboxylic acids is 1. The van der Waals surface area contributed by atoms with E-state index >= 15 is 0 Å². The maximum Gasteiger partial charge on any atom is 0.233 e. The fourth-order valence-electron chi connectivity index (χ4n) is 1.60. The number of hydrogen-bond acceptors (Lipinski definition) is 5. The number of carbonyl (C=O) groups is 1. The Kier molecular flexibility index (Phi) is 5.03. The molecule has 0 unspecified atom stereocenters. The minimum absolute atomic E-state index is 0.00199. The molecule has 20 heavy (non-hydrogen) atoms. The van der Waals surface area contributed by atoms with Crippen LogP contribution in [0.2, 0.25) is 0 Å². The molecule has 0 fully saturated rings. The average Bonchev–Trinajstić information content (AvgIpc) is 2.84. The molecule has 106 valence electrons. The van der Waals surface area contributed by atoms with Crippen LogP contribution in [0.15, 0.2) is 34.5 Å². The quantitative estimate of drug-likeness (QED) is 0.834. The summed E-state index contributed by atoms with van der Waals surface area (Å²) in [5, 5.41) is 5.11. The molecule has 0 saturated carbocycles. The maximum atomic E-state index is 12.0.